The first-order chi connectivity index (χ1) is 9.73. The Morgan fingerprint density at radius 1 is 1.43 bits per heavy atom. The first-order valence-electron chi connectivity index (χ1n) is 6.29. The summed E-state index contributed by atoms with van der Waals surface area (Å²) in [4.78, 5) is 11.9. The van der Waals surface area contributed by atoms with Crippen molar-refractivity contribution in [1.29, 1.82) is 0 Å². The molecule has 0 fully saturated rings. The quantitative estimate of drug-likeness (QED) is 0.807. The zero-order valence-corrected chi connectivity index (χ0v) is 13.1. The minimum absolute atomic E-state index is 0.0242. The van der Waals surface area contributed by atoms with E-state index in [1.165, 1.54) is 12.1 Å². The number of anilines is 1. The van der Waals surface area contributed by atoms with E-state index in [1.807, 2.05) is 6.92 Å². The smallest absolute Gasteiger partial charge is 0.404 e. The first kappa shape index (κ1) is 17.8. The summed E-state index contributed by atoms with van der Waals surface area (Å²) < 4.78 is 41.4. The average molecular weight is 369 g/mol. The number of carbonyl (C=O) groups is 1. The van der Waals surface area contributed by atoms with Gasteiger partial charge in [0, 0.05) is 16.9 Å². The van der Waals surface area contributed by atoms with Crippen LogP contribution in [0.4, 0.5) is 18.9 Å². The van der Waals surface area contributed by atoms with E-state index in [2.05, 4.69) is 31.3 Å². The van der Waals surface area contributed by atoms with E-state index in [-0.39, 0.29) is 17.5 Å². The fraction of sp³-hybridized carbons (Fsp3) is 0.462. The van der Waals surface area contributed by atoms with Crippen molar-refractivity contribution in [2.75, 3.05) is 18.4 Å². The summed E-state index contributed by atoms with van der Waals surface area (Å²) in [6, 6.07) is 4.02. The van der Waals surface area contributed by atoms with Gasteiger partial charge in [-0.3, -0.25) is 4.79 Å². The molecule has 4 nitrogen and oxygen atoms in total. The molecular formula is C13H16BrF3N2O2. The molecule has 1 atom stereocenters. The minimum Gasteiger partial charge on any atom is -0.404 e. The van der Waals surface area contributed by atoms with Crippen molar-refractivity contribution >= 4 is 27.5 Å². The van der Waals surface area contributed by atoms with Gasteiger partial charge in [0.15, 0.2) is 5.75 Å². The molecule has 8 heteroatoms. The van der Waals surface area contributed by atoms with Crippen molar-refractivity contribution < 1.29 is 22.7 Å². The molecule has 0 saturated heterocycles. The normalized spacial score (nSPS) is 12.9. The Bertz CT molecular complexity index is 495. The summed E-state index contributed by atoms with van der Waals surface area (Å²) in [6.45, 7) is 4.72. The Morgan fingerprint density at radius 2 is 2.10 bits per heavy atom. The average Bonchev–Trinajstić information content (AvgIpc) is 2.37. The van der Waals surface area contributed by atoms with Crippen LogP contribution in [0.15, 0.2) is 22.7 Å². The number of halogens is 4. The molecule has 21 heavy (non-hydrogen) atoms. The molecule has 0 radical (unpaired) electrons. The molecule has 1 unspecified atom stereocenters. The second-order valence-electron chi connectivity index (χ2n) is 4.39. The highest BCUT2D eigenvalue weighted by Gasteiger charge is 2.32. The van der Waals surface area contributed by atoms with Crippen LogP contribution in [-0.2, 0) is 4.79 Å². The Morgan fingerprint density at radius 3 is 2.67 bits per heavy atom. The zero-order valence-electron chi connectivity index (χ0n) is 11.6. The van der Waals surface area contributed by atoms with Gasteiger partial charge < -0.3 is 15.4 Å². The standard InChI is InChI=1S/C13H16BrF3N2O2/c1-3-18-7-8(2)12(20)19-10-5-4-9(14)6-11(10)21-13(15,16)17/h4-6,8,18H,3,7H2,1-2H3,(H,19,20). The molecule has 118 valence electrons. The van der Waals surface area contributed by atoms with Crippen LogP contribution in [0.3, 0.4) is 0 Å². The molecule has 1 amide bonds. The Balaban J connectivity index is 2.85. The molecule has 1 aromatic carbocycles. The molecule has 0 aliphatic carbocycles. The first-order valence-corrected chi connectivity index (χ1v) is 7.09. The van der Waals surface area contributed by atoms with Gasteiger partial charge in [-0.2, -0.15) is 0 Å². The van der Waals surface area contributed by atoms with E-state index < -0.39 is 12.1 Å². The molecule has 0 saturated carbocycles. The van der Waals surface area contributed by atoms with Crippen LogP contribution in [-0.4, -0.2) is 25.4 Å². The molecular weight excluding hydrogens is 353 g/mol. The summed E-state index contributed by atoms with van der Waals surface area (Å²) >= 11 is 3.06. The molecule has 0 aromatic heterocycles. The Hall–Kier alpha value is -1.28. The van der Waals surface area contributed by atoms with Crippen molar-refractivity contribution in [3.05, 3.63) is 22.7 Å². The maximum atomic E-state index is 12.4. The van der Waals surface area contributed by atoms with Crippen molar-refractivity contribution in [2.24, 2.45) is 5.92 Å². The van der Waals surface area contributed by atoms with E-state index in [0.29, 0.717) is 17.6 Å². The lowest BCUT2D eigenvalue weighted by atomic mass is 10.1. The van der Waals surface area contributed by atoms with Crippen LogP contribution >= 0.6 is 15.9 Å². The molecule has 0 aliphatic heterocycles. The number of alkyl halides is 3. The maximum Gasteiger partial charge on any atom is 0.573 e. The monoisotopic (exact) mass is 368 g/mol. The molecule has 0 heterocycles. The lowest BCUT2D eigenvalue weighted by Crippen LogP contribution is -2.30. The topological polar surface area (TPSA) is 50.4 Å². The van der Waals surface area contributed by atoms with Crippen molar-refractivity contribution in [1.82, 2.24) is 5.32 Å². The summed E-state index contributed by atoms with van der Waals surface area (Å²) in [5.74, 6) is -1.22. The van der Waals surface area contributed by atoms with Gasteiger partial charge in [-0.25, -0.2) is 0 Å². The third kappa shape index (κ3) is 6.34. The van der Waals surface area contributed by atoms with Gasteiger partial charge in [0.25, 0.3) is 0 Å². The predicted octanol–water partition coefficient (Wildman–Crippen LogP) is 3.53. The molecule has 0 spiro atoms. The molecule has 0 aliphatic rings. The number of hydrogen-bond acceptors (Lipinski definition) is 3. The minimum atomic E-state index is -4.82. The van der Waals surface area contributed by atoms with Crippen LogP contribution in [0, 0.1) is 5.92 Å². The summed E-state index contributed by atoms with van der Waals surface area (Å²) in [6.07, 6.45) is -4.82. The second-order valence-corrected chi connectivity index (χ2v) is 5.30. The summed E-state index contributed by atoms with van der Waals surface area (Å²) in [5, 5.41) is 5.44. The van der Waals surface area contributed by atoms with E-state index in [1.54, 1.807) is 6.92 Å². The van der Waals surface area contributed by atoms with E-state index >= 15 is 0 Å². The van der Waals surface area contributed by atoms with E-state index in [9.17, 15) is 18.0 Å². The SMILES string of the molecule is CCNCC(C)C(=O)Nc1ccc(Br)cc1OC(F)(F)F. The third-order valence-electron chi connectivity index (χ3n) is 2.58. The number of carbonyl (C=O) groups excluding carboxylic acids is 1. The van der Waals surface area contributed by atoms with Crippen molar-refractivity contribution in [3.63, 3.8) is 0 Å². The lowest BCUT2D eigenvalue weighted by molar-refractivity contribution is -0.274. The predicted molar refractivity (Wildman–Crippen MR) is 77.2 cm³/mol. The summed E-state index contributed by atoms with van der Waals surface area (Å²) in [7, 11) is 0. The van der Waals surface area contributed by atoms with Gasteiger partial charge in [0.05, 0.1) is 5.69 Å². The van der Waals surface area contributed by atoms with Crippen molar-refractivity contribution in [3.8, 4) is 5.75 Å². The highest BCUT2D eigenvalue weighted by Crippen LogP contribution is 2.33. The Kier molecular flexibility index (Phi) is 6.47. The number of ether oxygens (including phenoxy) is 1. The number of rotatable bonds is 6. The van der Waals surface area contributed by atoms with Gasteiger partial charge in [-0.15, -0.1) is 13.2 Å². The highest BCUT2D eigenvalue weighted by molar-refractivity contribution is 9.10. The number of amides is 1. The fourth-order valence-electron chi connectivity index (χ4n) is 1.52. The third-order valence-corrected chi connectivity index (χ3v) is 3.07. The number of nitrogens with one attached hydrogen (secondary N) is 2. The van der Waals surface area contributed by atoms with Gasteiger partial charge in [0.2, 0.25) is 5.91 Å². The van der Waals surface area contributed by atoms with Crippen LogP contribution in [0.1, 0.15) is 13.8 Å². The number of hydrogen-bond donors (Lipinski definition) is 2. The van der Waals surface area contributed by atoms with Crippen LogP contribution in [0.25, 0.3) is 0 Å². The number of benzene rings is 1. The molecule has 1 aromatic rings. The van der Waals surface area contributed by atoms with Gasteiger partial charge >= 0.3 is 6.36 Å². The maximum absolute atomic E-state index is 12.4. The van der Waals surface area contributed by atoms with E-state index in [4.69, 9.17) is 0 Å². The van der Waals surface area contributed by atoms with E-state index in [0.717, 1.165) is 6.07 Å². The molecule has 2 N–H and O–H groups in total. The lowest BCUT2D eigenvalue weighted by Gasteiger charge is -2.16. The van der Waals surface area contributed by atoms with Crippen LogP contribution in [0.5, 0.6) is 5.75 Å². The highest BCUT2D eigenvalue weighted by atomic mass is 79.9. The van der Waals surface area contributed by atoms with Crippen molar-refractivity contribution in [2.45, 2.75) is 20.2 Å². The van der Waals surface area contributed by atoms with Gasteiger partial charge in [-0.05, 0) is 24.7 Å². The summed E-state index contributed by atoms with van der Waals surface area (Å²) in [5.41, 5.74) is -0.0242. The van der Waals surface area contributed by atoms with Crippen LogP contribution in [0.2, 0.25) is 0 Å². The largest absolute Gasteiger partial charge is 0.573 e. The zero-order chi connectivity index (χ0) is 16.0. The fourth-order valence-corrected chi connectivity index (χ4v) is 1.86. The van der Waals surface area contributed by atoms with Gasteiger partial charge in [-0.1, -0.05) is 29.8 Å². The molecule has 1 rings (SSSR count). The Labute approximate surface area is 129 Å². The van der Waals surface area contributed by atoms with Crippen LogP contribution < -0.4 is 15.4 Å². The van der Waals surface area contributed by atoms with Gasteiger partial charge in [0.1, 0.15) is 0 Å². The molecule has 0 bridgehead atoms. The second kappa shape index (κ2) is 7.65.